The molecule has 1 saturated heterocycles. The van der Waals surface area contributed by atoms with E-state index in [0.717, 1.165) is 17.1 Å². The molecule has 0 bridgehead atoms. The normalized spacial score (nSPS) is 17.0. The van der Waals surface area contributed by atoms with Gasteiger partial charge in [-0.1, -0.05) is 5.16 Å². The predicted molar refractivity (Wildman–Crippen MR) is 85.0 cm³/mol. The van der Waals surface area contributed by atoms with Crippen LogP contribution in [0.5, 0.6) is 0 Å². The lowest BCUT2D eigenvalue weighted by Crippen LogP contribution is -2.49. The molecule has 3 heterocycles. The standard InChI is InChI=1S/C14H21N5O3S/c1-9-13(10(2)16-15-9)18-5-7-19(8-6-18)23(20,21)14-11(3)17-22-12(14)4/h5-8H2,1-4H3,(H,15,16). The maximum Gasteiger partial charge on any atom is 0.248 e. The highest BCUT2D eigenvalue weighted by Gasteiger charge is 2.33. The van der Waals surface area contributed by atoms with Crippen LogP contribution in [0.15, 0.2) is 9.42 Å². The molecular weight excluding hydrogens is 318 g/mol. The van der Waals surface area contributed by atoms with E-state index in [0.29, 0.717) is 37.6 Å². The van der Waals surface area contributed by atoms with Crippen molar-refractivity contribution >= 4 is 15.7 Å². The molecule has 1 aliphatic heterocycles. The van der Waals surface area contributed by atoms with E-state index in [2.05, 4.69) is 20.3 Å². The molecule has 23 heavy (non-hydrogen) atoms. The molecule has 8 nitrogen and oxygen atoms in total. The van der Waals surface area contributed by atoms with Gasteiger partial charge in [0.25, 0.3) is 0 Å². The van der Waals surface area contributed by atoms with Crippen molar-refractivity contribution in [3.63, 3.8) is 0 Å². The Bertz CT molecular complexity index is 777. The van der Waals surface area contributed by atoms with Gasteiger partial charge >= 0.3 is 0 Å². The van der Waals surface area contributed by atoms with Crippen molar-refractivity contribution in [2.75, 3.05) is 31.1 Å². The number of sulfonamides is 1. The van der Waals surface area contributed by atoms with Gasteiger partial charge in [0.05, 0.1) is 17.1 Å². The van der Waals surface area contributed by atoms with Crippen LogP contribution < -0.4 is 4.90 Å². The van der Waals surface area contributed by atoms with E-state index in [1.807, 2.05) is 13.8 Å². The Kier molecular flexibility index (Phi) is 3.93. The lowest BCUT2D eigenvalue weighted by molar-refractivity contribution is 0.378. The van der Waals surface area contributed by atoms with Gasteiger partial charge in [-0.25, -0.2) is 8.42 Å². The summed E-state index contributed by atoms with van der Waals surface area (Å²) in [4.78, 5) is 2.37. The smallest absolute Gasteiger partial charge is 0.248 e. The van der Waals surface area contributed by atoms with Crippen LogP contribution in [0, 0.1) is 27.7 Å². The van der Waals surface area contributed by atoms with Gasteiger partial charge in [-0.15, -0.1) is 0 Å². The first-order chi connectivity index (χ1) is 10.8. The Balaban J connectivity index is 1.79. The molecule has 0 amide bonds. The number of aryl methyl sites for hydroxylation is 4. The summed E-state index contributed by atoms with van der Waals surface area (Å²) >= 11 is 0. The fourth-order valence-corrected chi connectivity index (χ4v) is 4.85. The highest BCUT2D eigenvalue weighted by Crippen LogP contribution is 2.27. The number of nitrogens with one attached hydrogen (secondary N) is 1. The summed E-state index contributed by atoms with van der Waals surface area (Å²) in [7, 11) is -3.57. The van der Waals surface area contributed by atoms with E-state index in [1.54, 1.807) is 13.8 Å². The minimum absolute atomic E-state index is 0.196. The fourth-order valence-electron chi connectivity index (χ4n) is 3.14. The predicted octanol–water partition coefficient (Wildman–Crippen LogP) is 1.14. The molecule has 2 aromatic heterocycles. The summed E-state index contributed by atoms with van der Waals surface area (Å²) in [5, 5.41) is 10.9. The van der Waals surface area contributed by atoms with E-state index in [9.17, 15) is 8.42 Å². The molecule has 0 unspecified atom stereocenters. The molecule has 126 valence electrons. The average Bonchev–Trinajstić information content (AvgIpc) is 3.02. The van der Waals surface area contributed by atoms with Crippen LogP contribution in [-0.2, 0) is 10.0 Å². The Hall–Kier alpha value is -1.87. The molecule has 1 aliphatic rings. The van der Waals surface area contributed by atoms with Crippen LogP contribution in [0.25, 0.3) is 0 Å². The molecule has 3 rings (SSSR count). The summed E-state index contributed by atoms with van der Waals surface area (Å²) in [5.41, 5.74) is 3.42. The molecule has 0 spiro atoms. The quantitative estimate of drug-likeness (QED) is 0.901. The first kappa shape index (κ1) is 16.0. The first-order valence-corrected chi connectivity index (χ1v) is 8.96. The largest absolute Gasteiger partial charge is 0.366 e. The van der Waals surface area contributed by atoms with Crippen LogP contribution in [0.1, 0.15) is 22.8 Å². The molecule has 1 fully saturated rings. The van der Waals surface area contributed by atoms with Crippen molar-refractivity contribution in [3.8, 4) is 0 Å². The summed E-state index contributed by atoms with van der Waals surface area (Å²) in [6.45, 7) is 9.31. The molecule has 1 N–H and O–H groups in total. The monoisotopic (exact) mass is 339 g/mol. The van der Waals surface area contributed by atoms with E-state index < -0.39 is 10.0 Å². The maximum absolute atomic E-state index is 12.8. The minimum Gasteiger partial charge on any atom is -0.366 e. The van der Waals surface area contributed by atoms with E-state index in [1.165, 1.54) is 4.31 Å². The van der Waals surface area contributed by atoms with E-state index in [4.69, 9.17) is 4.52 Å². The second kappa shape index (κ2) is 5.64. The zero-order chi connectivity index (χ0) is 16.8. The van der Waals surface area contributed by atoms with Crippen LogP contribution >= 0.6 is 0 Å². The van der Waals surface area contributed by atoms with Gasteiger partial charge in [0, 0.05) is 26.2 Å². The zero-order valence-corrected chi connectivity index (χ0v) is 14.6. The first-order valence-electron chi connectivity index (χ1n) is 7.52. The van der Waals surface area contributed by atoms with Gasteiger partial charge < -0.3 is 9.42 Å². The number of H-pyrrole nitrogens is 1. The molecule has 0 aromatic carbocycles. The van der Waals surface area contributed by atoms with Crippen LogP contribution in [0.4, 0.5) is 5.69 Å². The SMILES string of the molecule is Cc1n[nH]c(C)c1N1CCN(S(=O)(=O)c2c(C)noc2C)CC1. The zero-order valence-electron chi connectivity index (χ0n) is 13.8. The lowest BCUT2D eigenvalue weighted by atomic mass is 10.2. The van der Waals surface area contributed by atoms with Gasteiger partial charge in [0.2, 0.25) is 10.0 Å². The van der Waals surface area contributed by atoms with Crippen molar-refractivity contribution in [3.05, 3.63) is 22.8 Å². The highest BCUT2D eigenvalue weighted by molar-refractivity contribution is 7.89. The topological polar surface area (TPSA) is 95.3 Å². The minimum atomic E-state index is -3.57. The van der Waals surface area contributed by atoms with Crippen molar-refractivity contribution in [2.45, 2.75) is 32.6 Å². The highest BCUT2D eigenvalue weighted by atomic mass is 32.2. The van der Waals surface area contributed by atoms with Crippen LogP contribution in [0.3, 0.4) is 0 Å². The van der Waals surface area contributed by atoms with Gasteiger partial charge in [0.15, 0.2) is 5.76 Å². The average molecular weight is 339 g/mol. The van der Waals surface area contributed by atoms with Crippen molar-refractivity contribution in [2.24, 2.45) is 0 Å². The fraction of sp³-hybridized carbons (Fsp3) is 0.571. The van der Waals surface area contributed by atoms with Crippen LogP contribution in [-0.4, -0.2) is 54.3 Å². The number of nitrogens with zero attached hydrogens (tertiary/aromatic N) is 4. The van der Waals surface area contributed by atoms with Gasteiger partial charge in [-0.3, -0.25) is 5.10 Å². The third kappa shape index (κ3) is 2.63. The van der Waals surface area contributed by atoms with E-state index in [-0.39, 0.29) is 4.90 Å². The Morgan fingerprint density at radius 2 is 1.70 bits per heavy atom. The van der Waals surface area contributed by atoms with Crippen molar-refractivity contribution in [1.82, 2.24) is 19.7 Å². The Morgan fingerprint density at radius 1 is 1.04 bits per heavy atom. The second-order valence-corrected chi connectivity index (χ2v) is 7.70. The van der Waals surface area contributed by atoms with Crippen molar-refractivity contribution in [1.29, 1.82) is 0 Å². The van der Waals surface area contributed by atoms with Crippen LogP contribution in [0.2, 0.25) is 0 Å². The Labute approximate surface area is 135 Å². The number of aromatic nitrogens is 3. The summed E-state index contributed by atoms with van der Waals surface area (Å²) in [5.74, 6) is 0.339. The molecule has 9 heteroatoms. The van der Waals surface area contributed by atoms with Gasteiger partial charge in [-0.05, 0) is 27.7 Å². The molecule has 2 aromatic rings. The molecule has 0 aliphatic carbocycles. The van der Waals surface area contributed by atoms with Crippen molar-refractivity contribution < 1.29 is 12.9 Å². The van der Waals surface area contributed by atoms with Gasteiger partial charge in [-0.2, -0.15) is 9.40 Å². The maximum atomic E-state index is 12.8. The third-order valence-electron chi connectivity index (χ3n) is 4.21. The number of hydrogen-bond donors (Lipinski definition) is 1. The molecular formula is C14H21N5O3S. The number of aromatic amines is 1. The van der Waals surface area contributed by atoms with Gasteiger partial charge in [0.1, 0.15) is 10.6 Å². The summed E-state index contributed by atoms with van der Waals surface area (Å²) in [6, 6.07) is 0. The summed E-state index contributed by atoms with van der Waals surface area (Å²) in [6.07, 6.45) is 0. The molecule has 0 atom stereocenters. The second-order valence-electron chi connectivity index (χ2n) is 5.83. The number of piperazine rings is 1. The third-order valence-corrected chi connectivity index (χ3v) is 6.35. The lowest BCUT2D eigenvalue weighted by Gasteiger charge is -2.35. The van der Waals surface area contributed by atoms with E-state index >= 15 is 0 Å². The number of anilines is 1. The Morgan fingerprint density at radius 3 is 2.17 bits per heavy atom. The number of rotatable bonds is 3. The summed E-state index contributed by atoms with van der Waals surface area (Å²) < 4.78 is 32.1. The molecule has 0 radical (unpaired) electrons. The molecule has 0 saturated carbocycles. The number of hydrogen-bond acceptors (Lipinski definition) is 6.